The summed E-state index contributed by atoms with van der Waals surface area (Å²) >= 11 is 0. The minimum Gasteiger partial charge on any atom is -0.481 e. The van der Waals surface area contributed by atoms with Gasteiger partial charge in [-0.3, -0.25) is 4.79 Å². The summed E-state index contributed by atoms with van der Waals surface area (Å²) in [6, 6.07) is 0. The fourth-order valence-corrected chi connectivity index (χ4v) is 2.84. The number of aliphatic hydroxyl groups is 3. The van der Waals surface area contributed by atoms with Crippen molar-refractivity contribution in [3.63, 3.8) is 0 Å². The molecule has 1 aliphatic heterocycles. The van der Waals surface area contributed by atoms with Crippen LogP contribution >= 0.6 is 0 Å². The molecule has 1 saturated heterocycles. The smallest absolute Gasteiger partial charge is 0.303 e. The van der Waals surface area contributed by atoms with E-state index in [1.54, 1.807) is 0 Å². The third kappa shape index (κ3) is 10.6. The number of aliphatic carboxylic acids is 1. The largest absolute Gasteiger partial charge is 0.481 e. The molecular formula is C22H34O6. The molecule has 6 nitrogen and oxygen atoms in total. The lowest BCUT2D eigenvalue weighted by atomic mass is 10.0. The van der Waals surface area contributed by atoms with Gasteiger partial charge in [-0.15, -0.1) is 0 Å². The van der Waals surface area contributed by atoms with Crippen molar-refractivity contribution in [1.29, 1.82) is 0 Å². The zero-order chi connectivity index (χ0) is 20.8. The van der Waals surface area contributed by atoms with Gasteiger partial charge in [-0.05, 0) is 32.1 Å². The molecule has 0 aromatic carbocycles. The van der Waals surface area contributed by atoms with Gasteiger partial charge >= 0.3 is 5.97 Å². The molecule has 0 saturated carbocycles. The molecule has 1 rings (SSSR count). The highest BCUT2D eigenvalue weighted by Crippen LogP contribution is 2.25. The molecule has 0 aromatic rings. The van der Waals surface area contributed by atoms with Crippen molar-refractivity contribution < 1.29 is 30.0 Å². The van der Waals surface area contributed by atoms with Gasteiger partial charge in [0.1, 0.15) is 6.10 Å². The SMILES string of the molecule is CC/C=C\C/C=C\C/C=C\C[C@@H](O)[C@@H]1C[C@@H](O)[C@@H](/C=C/[C@@H](O)CCC(=O)O)O1. The Balaban J connectivity index is 2.31. The van der Waals surface area contributed by atoms with Crippen LogP contribution in [0.1, 0.15) is 51.9 Å². The van der Waals surface area contributed by atoms with Crippen LogP contribution in [0.2, 0.25) is 0 Å². The molecule has 4 N–H and O–H groups in total. The van der Waals surface area contributed by atoms with Crippen molar-refractivity contribution in [3.8, 4) is 0 Å². The highest BCUT2D eigenvalue weighted by atomic mass is 16.5. The number of carbonyl (C=O) groups is 1. The first kappa shape index (κ1) is 24.3. The maximum Gasteiger partial charge on any atom is 0.303 e. The van der Waals surface area contributed by atoms with Crippen molar-refractivity contribution in [1.82, 2.24) is 0 Å². The molecule has 0 unspecified atom stereocenters. The highest BCUT2D eigenvalue weighted by molar-refractivity contribution is 5.66. The molecule has 5 atom stereocenters. The number of rotatable bonds is 13. The van der Waals surface area contributed by atoms with Gasteiger partial charge in [0.15, 0.2) is 0 Å². The van der Waals surface area contributed by atoms with E-state index >= 15 is 0 Å². The number of ether oxygens (including phenoxy) is 1. The zero-order valence-electron chi connectivity index (χ0n) is 16.6. The van der Waals surface area contributed by atoms with E-state index in [0.717, 1.165) is 19.3 Å². The quantitative estimate of drug-likeness (QED) is 0.358. The normalized spacial score (nSPS) is 25.5. The van der Waals surface area contributed by atoms with E-state index in [4.69, 9.17) is 9.84 Å². The Labute approximate surface area is 167 Å². The molecule has 0 amide bonds. The lowest BCUT2D eigenvalue weighted by molar-refractivity contribution is -0.137. The fourth-order valence-electron chi connectivity index (χ4n) is 2.84. The molecule has 0 bridgehead atoms. The molecule has 0 radical (unpaired) electrons. The van der Waals surface area contributed by atoms with Crippen LogP contribution in [0, 0.1) is 0 Å². The van der Waals surface area contributed by atoms with E-state index in [0.29, 0.717) is 12.8 Å². The predicted octanol–water partition coefficient (Wildman–Crippen LogP) is 2.90. The lowest BCUT2D eigenvalue weighted by Gasteiger charge is -2.16. The van der Waals surface area contributed by atoms with Crippen molar-refractivity contribution in [2.45, 2.75) is 82.4 Å². The standard InChI is InChI=1S/C22H34O6/c1-2-3-4-5-6-7-8-9-10-11-18(24)21-16-19(25)20(28-21)14-12-17(23)13-15-22(26)27/h3-4,6-7,9-10,12,14,17-21,23-25H,2,5,8,11,13,15-16H2,1H3,(H,26,27)/b4-3-,7-6-,10-9-,14-12+/t17-,18-,19-,20-,21+/m1/s1. The Hall–Kier alpha value is -1.73. The number of hydrogen-bond donors (Lipinski definition) is 4. The topological polar surface area (TPSA) is 107 Å². The molecular weight excluding hydrogens is 360 g/mol. The van der Waals surface area contributed by atoms with E-state index in [2.05, 4.69) is 31.2 Å². The van der Waals surface area contributed by atoms with Gasteiger partial charge in [0.05, 0.1) is 24.4 Å². The summed E-state index contributed by atoms with van der Waals surface area (Å²) in [5, 5.41) is 38.6. The second-order valence-electron chi connectivity index (χ2n) is 6.92. The van der Waals surface area contributed by atoms with Crippen LogP contribution in [0.15, 0.2) is 48.6 Å². The summed E-state index contributed by atoms with van der Waals surface area (Å²) in [4.78, 5) is 10.5. The van der Waals surface area contributed by atoms with Crippen LogP contribution in [-0.2, 0) is 9.53 Å². The van der Waals surface area contributed by atoms with E-state index < -0.39 is 36.5 Å². The van der Waals surface area contributed by atoms with Crippen LogP contribution in [0.25, 0.3) is 0 Å². The van der Waals surface area contributed by atoms with Gasteiger partial charge in [0, 0.05) is 12.8 Å². The minimum absolute atomic E-state index is 0.106. The number of carboxylic acid groups (broad SMARTS) is 1. The minimum atomic E-state index is -0.968. The molecule has 0 aromatic heterocycles. The van der Waals surface area contributed by atoms with E-state index in [1.165, 1.54) is 12.2 Å². The average molecular weight is 395 g/mol. The van der Waals surface area contributed by atoms with Crippen molar-refractivity contribution >= 4 is 5.97 Å². The maximum atomic E-state index is 10.5. The molecule has 0 spiro atoms. The number of aliphatic hydroxyl groups excluding tert-OH is 3. The van der Waals surface area contributed by atoms with Gasteiger partial charge in [0.25, 0.3) is 0 Å². The molecule has 1 fully saturated rings. The van der Waals surface area contributed by atoms with E-state index in [-0.39, 0.29) is 12.8 Å². The highest BCUT2D eigenvalue weighted by Gasteiger charge is 2.35. The average Bonchev–Trinajstić information content (AvgIpc) is 3.04. The summed E-state index contributed by atoms with van der Waals surface area (Å²) < 4.78 is 5.67. The summed E-state index contributed by atoms with van der Waals surface area (Å²) in [5.74, 6) is -0.968. The second kappa shape index (κ2) is 14.3. The van der Waals surface area contributed by atoms with Crippen LogP contribution in [0.5, 0.6) is 0 Å². The maximum absolute atomic E-state index is 10.5. The van der Waals surface area contributed by atoms with Crippen molar-refractivity contribution in [2.75, 3.05) is 0 Å². The van der Waals surface area contributed by atoms with Gasteiger partial charge in [0.2, 0.25) is 0 Å². The fraction of sp³-hybridized carbons (Fsp3) is 0.591. The van der Waals surface area contributed by atoms with Crippen LogP contribution in [0.3, 0.4) is 0 Å². The summed E-state index contributed by atoms with van der Waals surface area (Å²) in [6.45, 7) is 2.10. The third-order valence-corrected chi connectivity index (χ3v) is 4.45. The van der Waals surface area contributed by atoms with Crippen LogP contribution < -0.4 is 0 Å². The number of allylic oxidation sites excluding steroid dienone is 5. The van der Waals surface area contributed by atoms with Crippen LogP contribution in [-0.4, -0.2) is 56.9 Å². The first-order chi connectivity index (χ1) is 13.4. The van der Waals surface area contributed by atoms with E-state index in [1.807, 2.05) is 12.2 Å². The Morgan fingerprint density at radius 1 is 1.11 bits per heavy atom. The third-order valence-electron chi connectivity index (χ3n) is 4.45. The van der Waals surface area contributed by atoms with Crippen molar-refractivity contribution in [3.05, 3.63) is 48.6 Å². The molecule has 28 heavy (non-hydrogen) atoms. The van der Waals surface area contributed by atoms with Gasteiger partial charge < -0.3 is 25.2 Å². The molecule has 0 aliphatic carbocycles. The molecule has 1 heterocycles. The van der Waals surface area contributed by atoms with Gasteiger partial charge in [-0.2, -0.15) is 0 Å². The molecule has 158 valence electrons. The summed E-state index contributed by atoms with van der Waals surface area (Å²) in [7, 11) is 0. The Morgan fingerprint density at radius 2 is 1.75 bits per heavy atom. The monoisotopic (exact) mass is 394 g/mol. The van der Waals surface area contributed by atoms with Gasteiger partial charge in [-0.1, -0.05) is 55.5 Å². The molecule has 1 aliphatic rings. The summed E-state index contributed by atoms with van der Waals surface area (Å²) in [5.41, 5.74) is 0. The first-order valence-electron chi connectivity index (χ1n) is 9.98. The predicted molar refractivity (Wildman–Crippen MR) is 109 cm³/mol. The van der Waals surface area contributed by atoms with Gasteiger partial charge in [-0.25, -0.2) is 0 Å². The Morgan fingerprint density at radius 3 is 2.39 bits per heavy atom. The number of carboxylic acids is 1. The lowest BCUT2D eigenvalue weighted by Crippen LogP contribution is -2.25. The van der Waals surface area contributed by atoms with E-state index in [9.17, 15) is 20.1 Å². The Bertz CT molecular complexity index is 551. The molecule has 6 heteroatoms. The van der Waals surface area contributed by atoms with Crippen LogP contribution in [0.4, 0.5) is 0 Å². The zero-order valence-corrected chi connectivity index (χ0v) is 16.6. The van der Waals surface area contributed by atoms with Crippen molar-refractivity contribution in [2.24, 2.45) is 0 Å². The Kier molecular flexibility index (Phi) is 12.4. The first-order valence-corrected chi connectivity index (χ1v) is 9.98. The number of hydrogen-bond acceptors (Lipinski definition) is 5. The second-order valence-corrected chi connectivity index (χ2v) is 6.92. The summed E-state index contributed by atoms with van der Waals surface area (Å²) in [6.07, 6.45) is 15.4.